The van der Waals surface area contributed by atoms with E-state index in [1.54, 1.807) is 12.4 Å². The van der Waals surface area contributed by atoms with Gasteiger partial charge in [0, 0.05) is 30.2 Å². The summed E-state index contributed by atoms with van der Waals surface area (Å²) in [4.78, 5) is 17.9. The zero-order chi connectivity index (χ0) is 10.8. The molecule has 0 saturated carbocycles. The molecule has 1 saturated heterocycles. The fourth-order valence-corrected chi connectivity index (χ4v) is 2.47. The Morgan fingerprint density at radius 3 is 2.73 bits per heavy atom. The number of alkyl halides is 1. The summed E-state index contributed by atoms with van der Waals surface area (Å²) < 4.78 is 0. The van der Waals surface area contributed by atoms with E-state index >= 15 is 0 Å². The molecular weight excluding hydrogens is 256 g/mol. The molecule has 0 aliphatic carbocycles. The topological polar surface area (TPSA) is 33.2 Å². The van der Waals surface area contributed by atoms with Crippen molar-refractivity contribution in [3.8, 4) is 0 Å². The molecule has 1 aliphatic heterocycles. The third-order valence-electron chi connectivity index (χ3n) is 2.77. The predicted octanol–water partition coefficient (Wildman–Crippen LogP) is 2.14. The van der Waals surface area contributed by atoms with Gasteiger partial charge < -0.3 is 4.90 Å². The van der Waals surface area contributed by atoms with E-state index < -0.39 is 0 Å². The number of hydrogen-bond acceptors (Lipinski definition) is 2. The van der Waals surface area contributed by atoms with E-state index in [2.05, 4.69) is 27.8 Å². The number of carbonyl (C=O) groups is 1. The molecule has 2 unspecified atom stereocenters. The van der Waals surface area contributed by atoms with Gasteiger partial charge in [-0.25, -0.2) is 0 Å². The molecule has 1 aromatic heterocycles. The molecule has 1 amide bonds. The quantitative estimate of drug-likeness (QED) is 0.771. The number of nitrogens with zero attached hydrogens (tertiary/aromatic N) is 2. The monoisotopic (exact) mass is 268 g/mol. The zero-order valence-electron chi connectivity index (χ0n) is 8.56. The standard InChI is InChI=1S/C11H13BrN2O/c1-8(9-2-4-13-5-3-9)14-7-10(12)6-11(14)15/h2-5,8,10H,6-7H2,1H3. The first-order valence-corrected chi connectivity index (χ1v) is 5.93. The minimum Gasteiger partial charge on any atom is -0.335 e. The molecule has 0 radical (unpaired) electrons. The summed E-state index contributed by atoms with van der Waals surface area (Å²) in [6.07, 6.45) is 4.13. The lowest BCUT2D eigenvalue weighted by molar-refractivity contribution is -0.129. The summed E-state index contributed by atoms with van der Waals surface area (Å²) in [5.74, 6) is 0.223. The summed E-state index contributed by atoms with van der Waals surface area (Å²) in [6.45, 7) is 2.85. The Bertz CT molecular complexity index is 355. The van der Waals surface area contributed by atoms with Crippen molar-refractivity contribution in [1.82, 2.24) is 9.88 Å². The molecule has 15 heavy (non-hydrogen) atoms. The molecule has 0 spiro atoms. The Labute approximate surface area is 97.6 Å². The van der Waals surface area contributed by atoms with Gasteiger partial charge in [-0.3, -0.25) is 9.78 Å². The van der Waals surface area contributed by atoms with Crippen LogP contribution in [0, 0.1) is 0 Å². The lowest BCUT2D eigenvalue weighted by Crippen LogP contribution is -2.28. The van der Waals surface area contributed by atoms with Gasteiger partial charge in [0.1, 0.15) is 0 Å². The lowest BCUT2D eigenvalue weighted by Gasteiger charge is -2.24. The maximum Gasteiger partial charge on any atom is 0.224 e. The number of amides is 1. The molecule has 2 rings (SSSR count). The van der Waals surface area contributed by atoms with Gasteiger partial charge in [-0.2, -0.15) is 0 Å². The molecule has 3 nitrogen and oxygen atoms in total. The van der Waals surface area contributed by atoms with Gasteiger partial charge in [0.2, 0.25) is 5.91 Å². The van der Waals surface area contributed by atoms with E-state index in [9.17, 15) is 4.79 Å². The van der Waals surface area contributed by atoms with E-state index in [1.165, 1.54) is 0 Å². The highest BCUT2D eigenvalue weighted by atomic mass is 79.9. The smallest absolute Gasteiger partial charge is 0.224 e. The van der Waals surface area contributed by atoms with Crippen molar-refractivity contribution in [2.75, 3.05) is 6.54 Å². The summed E-state index contributed by atoms with van der Waals surface area (Å²) in [7, 11) is 0. The largest absolute Gasteiger partial charge is 0.335 e. The van der Waals surface area contributed by atoms with E-state index in [0.29, 0.717) is 11.2 Å². The van der Waals surface area contributed by atoms with E-state index in [1.807, 2.05) is 17.0 Å². The second kappa shape index (κ2) is 4.31. The highest BCUT2D eigenvalue weighted by Crippen LogP contribution is 2.27. The highest BCUT2D eigenvalue weighted by molar-refractivity contribution is 9.09. The first kappa shape index (κ1) is 10.6. The van der Waals surface area contributed by atoms with Crippen LogP contribution >= 0.6 is 15.9 Å². The van der Waals surface area contributed by atoms with Gasteiger partial charge in [0.05, 0.1) is 6.04 Å². The van der Waals surface area contributed by atoms with Gasteiger partial charge in [-0.05, 0) is 24.6 Å². The minimum atomic E-state index is 0.142. The maximum atomic E-state index is 11.7. The Kier molecular flexibility index (Phi) is 3.05. The van der Waals surface area contributed by atoms with Gasteiger partial charge in [0.15, 0.2) is 0 Å². The number of aromatic nitrogens is 1. The zero-order valence-corrected chi connectivity index (χ0v) is 10.1. The molecule has 1 fully saturated rings. The minimum absolute atomic E-state index is 0.142. The van der Waals surface area contributed by atoms with Crippen LogP contribution in [0.5, 0.6) is 0 Å². The van der Waals surface area contributed by atoms with Crippen LogP contribution in [-0.4, -0.2) is 27.2 Å². The van der Waals surface area contributed by atoms with Crippen LogP contribution in [0.15, 0.2) is 24.5 Å². The third-order valence-corrected chi connectivity index (χ3v) is 3.38. The average molecular weight is 269 g/mol. The number of likely N-dealkylation sites (tertiary alicyclic amines) is 1. The lowest BCUT2D eigenvalue weighted by atomic mass is 10.1. The first-order valence-electron chi connectivity index (χ1n) is 5.02. The molecule has 0 bridgehead atoms. The van der Waals surface area contributed by atoms with Crippen LogP contribution in [0.1, 0.15) is 24.9 Å². The SMILES string of the molecule is CC(c1ccncc1)N1CC(Br)CC1=O. The van der Waals surface area contributed by atoms with Crippen LogP contribution in [0.4, 0.5) is 0 Å². The summed E-state index contributed by atoms with van der Waals surface area (Å²) >= 11 is 3.49. The second-order valence-corrected chi connectivity index (χ2v) is 5.10. The van der Waals surface area contributed by atoms with Crippen LogP contribution in [-0.2, 0) is 4.79 Å². The molecule has 2 atom stereocenters. The number of hydrogen-bond donors (Lipinski definition) is 0. The number of carbonyl (C=O) groups excluding carboxylic acids is 1. The fourth-order valence-electron chi connectivity index (χ4n) is 1.88. The molecule has 0 aromatic carbocycles. The van der Waals surface area contributed by atoms with E-state index in [-0.39, 0.29) is 11.9 Å². The number of rotatable bonds is 2. The Balaban J connectivity index is 2.15. The molecule has 1 aliphatic rings. The number of pyridine rings is 1. The van der Waals surface area contributed by atoms with Crippen LogP contribution in [0.3, 0.4) is 0 Å². The van der Waals surface area contributed by atoms with Crippen molar-refractivity contribution in [2.45, 2.75) is 24.2 Å². The predicted molar refractivity (Wildman–Crippen MR) is 61.7 cm³/mol. The van der Waals surface area contributed by atoms with Crippen molar-refractivity contribution >= 4 is 21.8 Å². The Morgan fingerprint density at radius 2 is 2.20 bits per heavy atom. The Morgan fingerprint density at radius 1 is 1.53 bits per heavy atom. The van der Waals surface area contributed by atoms with Crippen molar-refractivity contribution in [3.05, 3.63) is 30.1 Å². The molecular formula is C11H13BrN2O. The van der Waals surface area contributed by atoms with Crippen molar-refractivity contribution in [2.24, 2.45) is 0 Å². The van der Waals surface area contributed by atoms with E-state index in [4.69, 9.17) is 0 Å². The second-order valence-electron chi connectivity index (χ2n) is 3.80. The molecule has 80 valence electrons. The third kappa shape index (κ3) is 2.20. The average Bonchev–Trinajstić information content (AvgIpc) is 2.58. The summed E-state index contributed by atoms with van der Waals surface area (Å²) in [5, 5.41) is 0. The van der Waals surface area contributed by atoms with Crippen molar-refractivity contribution in [3.63, 3.8) is 0 Å². The molecule has 4 heteroatoms. The van der Waals surface area contributed by atoms with Crippen LogP contribution < -0.4 is 0 Å². The van der Waals surface area contributed by atoms with E-state index in [0.717, 1.165) is 12.1 Å². The van der Waals surface area contributed by atoms with Gasteiger partial charge in [-0.1, -0.05) is 15.9 Å². The molecule has 2 heterocycles. The van der Waals surface area contributed by atoms with Gasteiger partial charge in [0.25, 0.3) is 0 Å². The van der Waals surface area contributed by atoms with Gasteiger partial charge >= 0.3 is 0 Å². The van der Waals surface area contributed by atoms with Crippen LogP contribution in [0.2, 0.25) is 0 Å². The normalized spacial score (nSPS) is 23.2. The molecule has 1 aromatic rings. The van der Waals surface area contributed by atoms with Crippen molar-refractivity contribution < 1.29 is 4.79 Å². The maximum absolute atomic E-state index is 11.7. The van der Waals surface area contributed by atoms with Crippen molar-refractivity contribution in [1.29, 1.82) is 0 Å². The molecule has 0 N–H and O–H groups in total. The Hall–Kier alpha value is -0.900. The van der Waals surface area contributed by atoms with Crippen LogP contribution in [0.25, 0.3) is 0 Å². The highest BCUT2D eigenvalue weighted by Gasteiger charge is 2.31. The fraction of sp³-hybridized carbons (Fsp3) is 0.455. The first-order chi connectivity index (χ1) is 7.18. The summed E-state index contributed by atoms with van der Waals surface area (Å²) in [6, 6.07) is 4.06. The number of halogens is 1. The van der Waals surface area contributed by atoms with Gasteiger partial charge in [-0.15, -0.1) is 0 Å². The summed E-state index contributed by atoms with van der Waals surface area (Å²) in [5.41, 5.74) is 1.14.